The van der Waals surface area contributed by atoms with Crippen LogP contribution >= 0.6 is 11.6 Å². The number of hydrogen-bond donors (Lipinski definition) is 1. The first-order chi connectivity index (χ1) is 10.1. The molecule has 114 valence electrons. The van der Waals surface area contributed by atoms with E-state index in [9.17, 15) is 5.11 Å². The average Bonchev–Trinajstić information content (AvgIpc) is 2.83. The van der Waals surface area contributed by atoms with Gasteiger partial charge in [0.1, 0.15) is 0 Å². The molecule has 1 heterocycles. The van der Waals surface area contributed by atoms with Crippen molar-refractivity contribution in [1.29, 1.82) is 0 Å². The van der Waals surface area contributed by atoms with Gasteiger partial charge in [0.05, 0.1) is 22.5 Å². The summed E-state index contributed by atoms with van der Waals surface area (Å²) in [5.41, 5.74) is 2.91. The van der Waals surface area contributed by atoms with Gasteiger partial charge in [0.2, 0.25) is 0 Å². The summed E-state index contributed by atoms with van der Waals surface area (Å²) < 4.78 is 1.95. The van der Waals surface area contributed by atoms with Gasteiger partial charge in [-0.15, -0.1) is 0 Å². The average molecular weight is 307 g/mol. The largest absolute Gasteiger partial charge is 0.388 e. The zero-order valence-electron chi connectivity index (χ0n) is 12.9. The predicted octanol–water partition coefficient (Wildman–Crippen LogP) is 4.03. The molecule has 0 aliphatic carbocycles. The maximum absolute atomic E-state index is 10.5. The molecule has 1 aromatic heterocycles. The molecule has 0 saturated carbocycles. The number of rotatable bonds is 6. The standard InChI is InChI=1S/C17H23ClN2O/c1-4-14-16(18)15(20(5-2)19-14)11-12(3)17(21)13-9-7-6-8-10-13/h6-10,12,17,21H,4-5,11H2,1-3H3. The van der Waals surface area contributed by atoms with Crippen LogP contribution in [0.1, 0.15) is 43.8 Å². The lowest BCUT2D eigenvalue weighted by Crippen LogP contribution is -2.15. The summed E-state index contributed by atoms with van der Waals surface area (Å²) in [5, 5.41) is 15.8. The number of halogens is 1. The van der Waals surface area contributed by atoms with Gasteiger partial charge in [-0.1, -0.05) is 55.8 Å². The van der Waals surface area contributed by atoms with E-state index >= 15 is 0 Å². The highest BCUT2D eigenvalue weighted by Gasteiger charge is 2.22. The highest BCUT2D eigenvalue weighted by atomic mass is 35.5. The van der Waals surface area contributed by atoms with Crippen molar-refractivity contribution in [2.45, 2.75) is 46.3 Å². The molecule has 0 fully saturated rings. The van der Waals surface area contributed by atoms with Gasteiger partial charge >= 0.3 is 0 Å². The van der Waals surface area contributed by atoms with Gasteiger partial charge in [-0.3, -0.25) is 4.68 Å². The van der Waals surface area contributed by atoms with Crippen molar-refractivity contribution < 1.29 is 5.11 Å². The van der Waals surface area contributed by atoms with E-state index in [1.165, 1.54) is 0 Å². The molecule has 0 saturated heterocycles. The van der Waals surface area contributed by atoms with E-state index in [2.05, 4.69) is 18.9 Å². The van der Waals surface area contributed by atoms with Gasteiger partial charge in [-0.25, -0.2) is 0 Å². The van der Waals surface area contributed by atoms with Crippen LogP contribution in [0.5, 0.6) is 0 Å². The molecule has 0 radical (unpaired) electrons. The van der Waals surface area contributed by atoms with Crippen LogP contribution < -0.4 is 0 Å². The van der Waals surface area contributed by atoms with Crippen molar-refractivity contribution in [3.8, 4) is 0 Å². The van der Waals surface area contributed by atoms with Gasteiger partial charge in [0.15, 0.2) is 0 Å². The van der Waals surface area contributed by atoms with E-state index in [4.69, 9.17) is 11.6 Å². The summed E-state index contributed by atoms with van der Waals surface area (Å²) in [7, 11) is 0. The third-order valence-corrected chi connectivity index (χ3v) is 4.33. The fourth-order valence-corrected chi connectivity index (χ4v) is 2.95. The number of benzene rings is 1. The van der Waals surface area contributed by atoms with Crippen molar-refractivity contribution in [3.63, 3.8) is 0 Å². The van der Waals surface area contributed by atoms with E-state index in [1.54, 1.807) is 0 Å². The molecule has 2 atom stereocenters. The Morgan fingerprint density at radius 2 is 1.90 bits per heavy atom. The first-order valence-corrected chi connectivity index (χ1v) is 7.93. The number of aryl methyl sites for hydroxylation is 2. The number of aliphatic hydroxyl groups is 1. The lowest BCUT2D eigenvalue weighted by Gasteiger charge is -2.19. The maximum atomic E-state index is 10.5. The second-order valence-corrected chi connectivity index (χ2v) is 5.79. The van der Waals surface area contributed by atoms with Crippen LogP contribution in [0.15, 0.2) is 30.3 Å². The minimum Gasteiger partial charge on any atom is -0.388 e. The van der Waals surface area contributed by atoms with Crippen LogP contribution in [0.25, 0.3) is 0 Å². The first-order valence-electron chi connectivity index (χ1n) is 7.55. The summed E-state index contributed by atoms with van der Waals surface area (Å²) in [6.07, 6.45) is 1.05. The molecular formula is C17H23ClN2O. The fourth-order valence-electron chi connectivity index (χ4n) is 2.61. The van der Waals surface area contributed by atoms with Crippen LogP contribution in [0.2, 0.25) is 5.02 Å². The summed E-state index contributed by atoms with van der Waals surface area (Å²) >= 11 is 6.44. The third-order valence-electron chi connectivity index (χ3n) is 3.89. The van der Waals surface area contributed by atoms with E-state index < -0.39 is 6.10 Å². The summed E-state index contributed by atoms with van der Waals surface area (Å²) in [5.74, 6) is 0.0802. The number of aromatic nitrogens is 2. The monoisotopic (exact) mass is 306 g/mol. The van der Waals surface area contributed by atoms with Crippen LogP contribution in [0.4, 0.5) is 0 Å². The summed E-state index contributed by atoms with van der Waals surface area (Å²) in [6.45, 7) is 6.96. The second-order valence-electron chi connectivity index (χ2n) is 5.41. The molecule has 0 aliphatic rings. The number of aliphatic hydroxyl groups excluding tert-OH is 1. The molecule has 3 nitrogen and oxygen atoms in total. The van der Waals surface area contributed by atoms with Gasteiger partial charge in [-0.05, 0) is 31.2 Å². The molecule has 0 amide bonds. The minimum absolute atomic E-state index is 0.0802. The van der Waals surface area contributed by atoms with Crippen molar-refractivity contribution in [3.05, 3.63) is 52.3 Å². The zero-order valence-corrected chi connectivity index (χ0v) is 13.6. The van der Waals surface area contributed by atoms with Gasteiger partial charge in [0, 0.05) is 6.54 Å². The minimum atomic E-state index is -0.493. The highest BCUT2D eigenvalue weighted by Crippen LogP contribution is 2.29. The van der Waals surface area contributed by atoms with E-state index in [1.807, 2.05) is 41.9 Å². The van der Waals surface area contributed by atoms with Crippen molar-refractivity contribution in [2.75, 3.05) is 0 Å². The lowest BCUT2D eigenvalue weighted by atomic mass is 9.93. The molecule has 0 bridgehead atoms. The van der Waals surface area contributed by atoms with Crippen LogP contribution in [0, 0.1) is 5.92 Å². The highest BCUT2D eigenvalue weighted by molar-refractivity contribution is 6.31. The van der Waals surface area contributed by atoms with E-state index in [-0.39, 0.29) is 5.92 Å². The molecule has 0 spiro atoms. The van der Waals surface area contributed by atoms with Crippen molar-refractivity contribution in [2.24, 2.45) is 5.92 Å². The number of hydrogen-bond acceptors (Lipinski definition) is 2. The lowest BCUT2D eigenvalue weighted by molar-refractivity contribution is 0.116. The van der Waals surface area contributed by atoms with E-state index in [0.717, 1.165) is 41.4 Å². The normalized spacial score (nSPS) is 14.1. The van der Waals surface area contributed by atoms with Crippen LogP contribution in [0.3, 0.4) is 0 Å². The zero-order chi connectivity index (χ0) is 15.4. The topological polar surface area (TPSA) is 38.0 Å². The van der Waals surface area contributed by atoms with Gasteiger partial charge in [0.25, 0.3) is 0 Å². The molecule has 0 aliphatic heterocycles. The Morgan fingerprint density at radius 3 is 2.48 bits per heavy atom. The van der Waals surface area contributed by atoms with Crippen LogP contribution in [-0.2, 0) is 19.4 Å². The summed E-state index contributed by atoms with van der Waals surface area (Å²) in [6, 6.07) is 9.76. The third kappa shape index (κ3) is 3.47. The quantitative estimate of drug-likeness (QED) is 0.875. The second kappa shape index (κ2) is 7.10. The Morgan fingerprint density at radius 1 is 1.24 bits per heavy atom. The Balaban J connectivity index is 2.19. The molecule has 21 heavy (non-hydrogen) atoms. The Bertz CT molecular complexity index is 580. The SMILES string of the molecule is CCc1nn(CC)c(CC(C)C(O)c2ccccc2)c1Cl. The molecule has 1 N–H and O–H groups in total. The summed E-state index contributed by atoms with van der Waals surface area (Å²) in [4.78, 5) is 0. The smallest absolute Gasteiger partial charge is 0.0849 e. The predicted molar refractivity (Wildman–Crippen MR) is 86.6 cm³/mol. The molecule has 2 aromatic rings. The van der Waals surface area contributed by atoms with Crippen LogP contribution in [-0.4, -0.2) is 14.9 Å². The van der Waals surface area contributed by atoms with Gasteiger partial charge < -0.3 is 5.11 Å². The van der Waals surface area contributed by atoms with Crippen molar-refractivity contribution in [1.82, 2.24) is 9.78 Å². The first kappa shape index (κ1) is 16.1. The fraction of sp³-hybridized carbons (Fsp3) is 0.471. The van der Waals surface area contributed by atoms with Gasteiger partial charge in [-0.2, -0.15) is 5.10 Å². The molecular weight excluding hydrogens is 284 g/mol. The molecule has 2 unspecified atom stereocenters. The molecule has 2 rings (SSSR count). The van der Waals surface area contributed by atoms with Crippen molar-refractivity contribution >= 4 is 11.6 Å². The Labute approximate surface area is 131 Å². The Kier molecular flexibility index (Phi) is 5.43. The maximum Gasteiger partial charge on any atom is 0.0849 e. The number of nitrogens with zero attached hydrogens (tertiary/aromatic N) is 2. The Hall–Kier alpha value is -1.32. The van der Waals surface area contributed by atoms with E-state index in [0.29, 0.717) is 0 Å². The molecule has 1 aromatic carbocycles. The molecule has 4 heteroatoms.